The predicted octanol–water partition coefficient (Wildman–Crippen LogP) is 3.28. The fourth-order valence-corrected chi connectivity index (χ4v) is 2.64. The maximum Gasteiger partial charge on any atom is 0.208 e. The highest BCUT2D eigenvalue weighted by Crippen LogP contribution is 2.40. The fraction of sp³-hybridized carbons (Fsp3) is 0.333. The van der Waals surface area contributed by atoms with Crippen molar-refractivity contribution in [3.63, 3.8) is 0 Å². The largest absolute Gasteiger partial charge is 0.239 e. The second kappa shape index (κ2) is 4.56. The third kappa shape index (κ3) is 1.92. The molecule has 19 heavy (non-hydrogen) atoms. The Kier molecular flexibility index (Phi) is 3.00. The highest BCUT2D eigenvalue weighted by atomic mass is 32.2. The number of hydrogen-bond donors (Lipinski definition) is 0. The van der Waals surface area contributed by atoms with Gasteiger partial charge in [0.2, 0.25) is 5.16 Å². The molecule has 2 aromatic rings. The molecule has 0 N–H and O–H groups in total. The van der Waals surface area contributed by atoms with Crippen LogP contribution in [0.1, 0.15) is 30.0 Å². The Morgan fingerprint density at radius 3 is 2.89 bits per heavy atom. The third-order valence-electron chi connectivity index (χ3n) is 3.17. The molecule has 0 bridgehead atoms. The van der Waals surface area contributed by atoms with E-state index in [0.717, 1.165) is 6.07 Å². The van der Waals surface area contributed by atoms with E-state index < -0.39 is 23.8 Å². The Labute approximate surface area is 111 Å². The summed E-state index contributed by atoms with van der Waals surface area (Å²) in [6, 6.07) is 3.25. The predicted molar refractivity (Wildman–Crippen MR) is 64.8 cm³/mol. The smallest absolute Gasteiger partial charge is 0.208 e. The molecule has 0 aliphatic carbocycles. The van der Waals surface area contributed by atoms with Crippen LogP contribution in [0.25, 0.3) is 0 Å². The molecule has 0 amide bonds. The number of aromatic nitrogens is 3. The highest BCUT2D eigenvalue weighted by molar-refractivity contribution is 7.98. The maximum atomic E-state index is 13.9. The van der Waals surface area contributed by atoms with Crippen LogP contribution < -0.4 is 0 Å². The summed E-state index contributed by atoms with van der Waals surface area (Å²) in [4.78, 5) is 4.04. The van der Waals surface area contributed by atoms with Gasteiger partial charge in [-0.15, -0.1) is 5.10 Å². The molecule has 0 spiro atoms. The summed E-state index contributed by atoms with van der Waals surface area (Å²) in [5, 5.41) is 4.56. The van der Waals surface area contributed by atoms with Gasteiger partial charge in [-0.1, -0.05) is 23.9 Å². The van der Waals surface area contributed by atoms with Crippen molar-refractivity contribution in [2.45, 2.75) is 23.8 Å². The minimum Gasteiger partial charge on any atom is -0.239 e. The zero-order valence-electron chi connectivity index (χ0n) is 9.98. The van der Waals surface area contributed by atoms with Gasteiger partial charge in [-0.3, -0.25) is 0 Å². The van der Waals surface area contributed by atoms with Crippen molar-refractivity contribution < 1.29 is 13.2 Å². The minimum absolute atomic E-state index is 0.0321. The van der Waals surface area contributed by atoms with Gasteiger partial charge < -0.3 is 0 Å². The molecule has 1 aromatic carbocycles. The molecule has 2 heterocycles. The topological polar surface area (TPSA) is 30.7 Å². The first-order chi connectivity index (χ1) is 9.11. The lowest BCUT2D eigenvalue weighted by atomic mass is 10.0. The number of rotatable bonds is 2. The van der Waals surface area contributed by atoms with Crippen LogP contribution >= 0.6 is 11.8 Å². The van der Waals surface area contributed by atoms with Gasteiger partial charge in [-0.05, 0) is 12.3 Å². The van der Waals surface area contributed by atoms with Crippen LogP contribution in [-0.4, -0.2) is 21.0 Å². The normalized spacial score (nSPS) is 21.7. The lowest BCUT2D eigenvalue weighted by Crippen LogP contribution is -2.10. The molecule has 0 unspecified atom stereocenters. The number of alkyl halides is 1. The summed E-state index contributed by atoms with van der Waals surface area (Å²) in [6.45, 7) is 0. The van der Waals surface area contributed by atoms with Crippen molar-refractivity contribution in [1.29, 1.82) is 0 Å². The molecule has 1 aliphatic rings. The fourth-order valence-electron chi connectivity index (χ4n) is 2.28. The Hall–Kier alpha value is -1.50. The quantitative estimate of drug-likeness (QED) is 0.793. The standard InChI is InChI=1S/C12H10F3N3S/c1-19-12-16-11-8(14)5-9(18(11)17-12)6-3-2-4-7(13)10(6)15/h2-4,8-9H,5H2,1H3/t8-,9-/m0/s1. The number of halogens is 3. The van der Waals surface area contributed by atoms with E-state index in [1.54, 1.807) is 6.26 Å². The Bertz CT molecular complexity index is 629. The van der Waals surface area contributed by atoms with Crippen molar-refractivity contribution in [2.24, 2.45) is 0 Å². The van der Waals surface area contributed by atoms with Gasteiger partial charge >= 0.3 is 0 Å². The van der Waals surface area contributed by atoms with E-state index >= 15 is 0 Å². The van der Waals surface area contributed by atoms with E-state index in [0.29, 0.717) is 5.16 Å². The van der Waals surface area contributed by atoms with Crippen LogP contribution in [0.5, 0.6) is 0 Å². The van der Waals surface area contributed by atoms with Crippen LogP contribution in [0.15, 0.2) is 23.4 Å². The minimum atomic E-state index is -1.30. The first-order valence-electron chi connectivity index (χ1n) is 5.70. The summed E-state index contributed by atoms with van der Waals surface area (Å²) < 4.78 is 42.3. The number of hydrogen-bond acceptors (Lipinski definition) is 3. The summed E-state index contributed by atoms with van der Waals surface area (Å²) >= 11 is 1.28. The molecule has 0 saturated carbocycles. The zero-order chi connectivity index (χ0) is 13.6. The van der Waals surface area contributed by atoms with Gasteiger partial charge in [0.15, 0.2) is 23.6 Å². The van der Waals surface area contributed by atoms with Gasteiger partial charge in [0.05, 0.1) is 6.04 Å². The highest BCUT2D eigenvalue weighted by Gasteiger charge is 2.36. The van der Waals surface area contributed by atoms with Crippen molar-refractivity contribution in [3.8, 4) is 0 Å². The van der Waals surface area contributed by atoms with E-state index in [9.17, 15) is 13.2 Å². The first kappa shape index (κ1) is 12.5. The second-order valence-electron chi connectivity index (χ2n) is 4.26. The number of thioether (sulfide) groups is 1. The van der Waals surface area contributed by atoms with Gasteiger partial charge in [-0.25, -0.2) is 22.8 Å². The van der Waals surface area contributed by atoms with Gasteiger partial charge in [0, 0.05) is 12.0 Å². The Morgan fingerprint density at radius 1 is 1.37 bits per heavy atom. The molecule has 1 aromatic heterocycles. The third-order valence-corrected chi connectivity index (χ3v) is 3.70. The van der Waals surface area contributed by atoms with E-state index in [1.165, 1.54) is 28.6 Å². The van der Waals surface area contributed by atoms with Crippen molar-refractivity contribution in [3.05, 3.63) is 41.2 Å². The molecular weight excluding hydrogens is 275 g/mol. The van der Waals surface area contributed by atoms with Crippen molar-refractivity contribution in [1.82, 2.24) is 14.8 Å². The van der Waals surface area contributed by atoms with Crippen LogP contribution in [0.4, 0.5) is 13.2 Å². The molecule has 3 nitrogen and oxygen atoms in total. The average Bonchev–Trinajstić information content (AvgIpc) is 2.94. The van der Waals surface area contributed by atoms with Crippen molar-refractivity contribution in [2.75, 3.05) is 6.26 Å². The molecule has 1 aliphatic heterocycles. The van der Waals surface area contributed by atoms with E-state index in [2.05, 4.69) is 10.1 Å². The molecule has 0 saturated heterocycles. The monoisotopic (exact) mass is 285 g/mol. The van der Waals surface area contributed by atoms with Crippen molar-refractivity contribution >= 4 is 11.8 Å². The van der Waals surface area contributed by atoms with Crippen LogP contribution in [0.3, 0.4) is 0 Å². The molecule has 0 fully saturated rings. The SMILES string of the molecule is CSc1nc2n(n1)[C@H](c1cccc(F)c1F)C[C@@H]2F. The summed E-state index contributed by atoms with van der Waals surface area (Å²) in [6.07, 6.45) is 0.501. The average molecular weight is 285 g/mol. The van der Waals surface area contributed by atoms with Crippen LogP contribution in [-0.2, 0) is 0 Å². The first-order valence-corrected chi connectivity index (χ1v) is 6.92. The van der Waals surface area contributed by atoms with Gasteiger partial charge in [-0.2, -0.15) is 0 Å². The summed E-state index contributed by atoms with van der Waals surface area (Å²) in [5.74, 6) is -1.71. The number of fused-ring (bicyclic) bond motifs is 1. The van der Waals surface area contributed by atoms with Gasteiger partial charge in [0.1, 0.15) is 0 Å². The molecule has 100 valence electrons. The molecule has 0 radical (unpaired) electrons. The van der Waals surface area contributed by atoms with E-state index in [-0.39, 0.29) is 17.8 Å². The number of nitrogens with zero attached hydrogens (tertiary/aromatic N) is 3. The Balaban J connectivity index is 2.09. The molecular formula is C12H10F3N3S. The lowest BCUT2D eigenvalue weighted by molar-refractivity contribution is 0.324. The van der Waals surface area contributed by atoms with Crippen LogP contribution in [0, 0.1) is 11.6 Å². The van der Waals surface area contributed by atoms with E-state index in [4.69, 9.17) is 0 Å². The second-order valence-corrected chi connectivity index (χ2v) is 5.04. The van der Waals surface area contributed by atoms with Crippen LogP contribution in [0.2, 0.25) is 0 Å². The maximum absolute atomic E-state index is 13.9. The molecule has 7 heteroatoms. The van der Waals surface area contributed by atoms with Gasteiger partial charge in [0.25, 0.3) is 0 Å². The summed E-state index contributed by atoms with van der Waals surface area (Å²) in [5.41, 5.74) is 0.110. The van der Waals surface area contributed by atoms with E-state index in [1.807, 2.05) is 0 Å². The Morgan fingerprint density at radius 2 is 2.16 bits per heavy atom. The number of benzene rings is 1. The lowest BCUT2D eigenvalue weighted by Gasteiger charge is -2.12. The molecule has 2 atom stereocenters. The molecule has 3 rings (SSSR count). The zero-order valence-corrected chi connectivity index (χ0v) is 10.8. The summed E-state index contributed by atoms with van der Waals surface area (Å²) in [7, 11) is 0.